The normalized spacial score (nSPS) is 10.8. The molecular formula is C24H21N3O2. The fraction of sp³-hybridized carbons (Fsp3) is 0.125. The molecule has 5 heteroatoms. The van der Waals surface area contributed by atoms with Crippen molar-refractivity contribution in [3.05, 3.63) is 94.4 Å². The van der Waals surface area contributed by atoms with Crippen molar-refractivity contribution in [2.45, 2.75) is 20.4 Å². The summed E-state index contributed by atoms with van der Waals surface area (Å²) in [5.74, 6) is -0.265. The molecule has 3 aromatic carbocycles. The van der Waals surface area contributed by atoms with Crippen LogP contribution >= 0.6 is 0 Å². The highest BCUT2D eigenvalue weighted by molar-refractivity contribution is 5.95. The molecule has 0 aliphatic heterocycles. The van der Waals surface area contributed by atoms with E-state index < -0.39 is 5.69 Å². The fourth-order valence-corrected chi connectivity index (χ4v) is 3.48. The van der Waals surface area contributed by atoms with Crippen LogP contribution in [0, 0.1) is 13.8 Å². The Morgan fingerprint density at radius 3 is 2.45 bits per heavy atom. The van der Waals surface area contributed by atoms with E-state index in [-0.39, 0.29) is 12.5 Å². The maximum atomic E-state index is 12.8. The molecule has 1 aromatic heterocycles. The van der Waals surface area contributed by atoms with Gasteiger partial charge in [0.25, 0.3) is 0 Å². The van der Waals surface area contributed by atoms with E-state index in [9.17, 15) is 9.59 Å². The van der Waals surface area contributed by atoms with Crippen molar-refractivity contribution in [2.24, 2.45) is 0 Å². The summed E-state index contributed by atoms with van der Waals surface area (Å²) in [6.07, 6.45) is 0. The molecule has 0 saturated heterocycles. The number of hydrogen-bond donors (Lipinski definition) is 1. The van der Waals surface area contributed by atoms with E-state index in [1.165, 1.54) is 4.57 Å². The van der Waals surface area contributed by atoms with Crippen LogP contribution in [-0.4, -0.2) is 15.5 Å². The van der Waals surface area contributed by atoms with Gasteiger partial charge >= 0.3 is 5.69 Å². The number of rotatable bonds is 4. The number of carbonyl (C=O) groups excluding carboxylic acids is 1. The molecule has 4 aromatic rings. The zero-order valence-corrected chi connectivity index (χ0v) is 16.3. The molecule has 0 fully saturated rings. The smallest absolute Gasteiger partial charge is 0.324 e. The number of anilines is 1. The Bertz CT molecular complexity index is 1260. The summed E-state index contributed by atoms with van der Waals surface area (Å²) in [6.45, 7) is 3.85. The lowest BCUT2D eigenvalue weighted by molar-refractivity contribution is -0.116. The first kappa shape index (κ1) is 18.6. The first-order chi connectivity index (χ1) is 14.0. The van der Waals surface area contributed by atoms with Gasteiger partial charge in [0.05, 0.1) is 11.2 Å². The number of carbonyl (C=O) groups is 1. The standard InChI is InChI=1S/C24H21N3O2/c1-16-12-13-20(17(2)14-16)25-22(28)15-27-21-11-7-6-10-19(21)23(26-24(27)29)18-8-4-3-5-9-18/h3-14H,15H2,1-2H3,(H,25,28). The van der Waals surface area contributed by atoms with Crippen molar-refractivity contribution in [2.75, 3.05) is 5.32 Å². The van der Waals surface area contributed by atoms with Crippen molar-refractivity contribution >= 4 is 22.5 Å². The minimum atomic E-state index is -0.446. The van der Waals surface area contributed by atoms with E-state index in [4.69, 9.17) is 0 Å². The quantitative estimate of drug-likeness (QED) is 0.571. The van der Waals surface area contributed by atoms with Gasteiger partial charge in [-0.05, 0) is 31.5 Å². The van der Waals surface area contributed by atoms with Crippen LogP contribution in [0.15, 0.2) is 77.6 Å². The fourth-order valence-electron chi connectivity index (χ4n) is 3.48. The van der Waals surface area contributed by atoms with Gasteiger partial charge in [0, 0.05) is 16.6 Å². The summed E-state index contributed by atoms with van der Waals surface area (Å²) in [5, 5.41) is 3.73. The van der Waals surface area contributed by atoms with Crippen LogP contribution in [0.5, 0.6) is 0 Å². The number of aryl methyl sites for hydroxylation is 2. The lowest BCUT2D eigenvalue weighted by atomic mass is 10.1. The zero-order valence-electron chi connectivity index (χ0n) is 16.3. The van der Waals surface area contributed by atoms with Crippen LogP contribution in [-0.2, 0) is 11.3 Å². The van der Waals surface area contributed by atoms with Gasteiger partial charge in [-0.25, -0.2) is 4.79 Å². The molecule has 144 valence electrons. The molecule has 0 atom stereocenters. The number of hydrogen-bond acceptors (Lipinski definition) is 3. The number of benzene rings is 3. The predicted octanol–water partition coefficient (Wildman–Crippen LogP) is 4.32. The largest absolute Gasteiger partial charge is 0.349 e. The van der Waals surface area contributed by atoms with Gasteiger partial charge in [0.1, 0.15) is 6.54 Å². The Labute approximate surface area is 168 Å². The van der Waals surface area contributed by atoms with Crippen LogP contribution in [0.4, 0.5) is 5.69 Å². The molecule has 1 amide bonds. The second kappa shape index (κ2) is 7.72. The minimum absolute atomic E-state index is 0.102. The molecule has 0 aliphatic carbocycles. The summed E-state index contributed by atoms with van der Waals surface area (Å²) in [7, 11) is 0. The maximum Gasteiger partial charge on any atom is 0.349 e. The Morgan fingerprint density at radius 2 is 1.69 bits per heavy atom. The summed E-state index contributed by atoms with van der Waals surface area (Å²) in [5.41, 5.74) is 4.58. The molecule has 0 saturated carbocycles. The molecule has 0 spiro atoms. The molecule has 1 N–H and O–H groups in total. The molecule has 5 nitrogen and oxygen atoms in total. The molecule has 0 radical (unpaired) electrons. The van der Waals surface area contributed by atoms with E-state index in [1.54, 1.807) is 0 Å². The van der Waals surface area contributed by atoms with Gasteiger partial charge in [0.15, 0.2) is 0 Å². The summed E-state index contributed by atoms with van der Waals surface area (Å²) >= 11 is 0. The summed E-state index contributed by atoms with van der Waals surface area (Å²) < 4.78 is 1.42. The van der Waals surface area contributed by atoms with Crippen LogP contribution in [0.2, 0.25) is 0 Å². The highest BCUT2D eigenvalue weighted by atomic mass is 16.2. The third-order valence-corrected chi connectivity index (χ3v) is 4.89. The van der Waals surface area contributed by atoms with Gasteiger partial charge in [-0.1, -0.05) is 66.2 Å². The van der Waals surface area contributed by atoms with Crippen LogP contribution in [0.3, 0.4) is 0 Å². The van der Waals surface area contributed by atoms with Crippen LogP contribution < -0.4 is 11.0 Å². The first-order valence-corrected chi connectivity index (χ1v) is 9.45. The number of nitrogens with zero attached hydrogens (tertiary/aromatic N) is 2. The van der Waals surface area contributed by atoms with E-state index in [0.717, 1.165) is 27.8 Å². The highest BCUT2D eigenvalue weighted by Gasteiger charge is 2.14. The van der Waals surface area contributed by atoms with E-state index in [1.807, 2.05) is 86.6 Å². The van der Waals surface area contributed by atoms with E-state index in [2.05, 4.69) is 10.3 Å². The average molecular weight is 383 g/mol. The number of amides is 1. The van der Waals surface area contributed by atoms with Gasteiger partial charge in [-0.3, -0.25) is 9.36 Å². The summed E-state index contributed by atoms with van der Waals surface area (Å²) in [4.78, 5) is 29.8. The molecule has 0 bridgehead atoms. The first-order valence-electron chi connectivity index (χ1n) is 9.45. The summed E-state index contributed by atoms with van der Waals surface area (Å²) in [6, 6.07) is 22.9. The molecule has 1 heterocycles. The topological polar surface area (TPSA) is 64.0 Å². The monoisotopic (exact) mass is 383 g/mol. The highest BCUT2D eigenvalue weighted by Crippen LogP contribution is 2.25. The van der Waals surface area contributed by atoms with E-state index >= 15 is 0 Å². The Balaban J connectivity index is 1.72. The molecular weight excluding hydrogens is 362 g/mol. The molecule has 29 heavy (non-hydrogen) atoms. The Hall–Kier alpha value is -3.73. The van der Waals surface area contributed by atoms with Crippen molar-refractivity contribution in [1.29, 1.82) is 0 Å². The SMILES string of the molecule is Cc1ccc(NC(=O)Cn2c(=O)nc(-c3ccccc3)c3ccccc32)c(C)c1. The third kappa shape index (κ3) is 3.80. The minimum Gasteiger partial charge on any atom is -0.324 e. The van der Waals surface area contributed by atoms with Crippen LogP contribution in [0.25, 0.3) is 22.2 Å². The Morgan fingerprint density at radius 1 is 0.966 bits per heavy atom. The number of para-hydroxylation sites is 1. The van der Waals surface area contributed by atoms with Crippen molar-refractivity contribution < 1.29 is 4.79 Å². The van der Waals surface area contributed by atoms with Crippen LogP contribution in [0.1, 0.15) is 11.1 Å². The van der Waals surface area contributed by atoms with Gasteiger partial charge in [-0.15, -0.1) is 0 Å². The van der Waals surface area contributed by atoms with Crippen molar-refractivity contribution in [3.63, 3.8) is 0 Å². The lowest BCUT2D eigenvalue weighted by Crippen LogP contribution is -2.30. The van der Waals surface area contributed by atoms with Crippen molar-refractivity contribution in [1.82, 2.24) is 9.55 Å². The maximum absolute atomic E-state index is 12.8. The number of nitrogens with one attached hydrogen (secondary N) is 1. The lowest BCUT2D eigenvalue weighted by Gasteiger charge is -2.14. The second-order valence-electron chi connectivity index (χ2n) is 7.08. The predicted molar refractivity (Wildman–Crippen MR) is 116 cm³/mol. The molecule has 4 rings (SSSR count). The van der Waals surface area contributed by atoms with E-state index in [0.29, 0.717) is 11.2 Å². The van der Waals surface area contributed by atoms with Gasteiger partial charge < -0.3 is 5.32 Å². The number of fused-ring (bicyclic) bond motifs is 1. The third-order valence-electron chi connectivity index (χ3n) is 4.89. The van der Waals surface area contributed by atoms with Gasteiger partial charge in [-0.2, -0.15) is 4.98 Å². The van der Waals surface area contributed by atoms with Crippen molar-refractivity contribution in [3.8, 4) is 11.3 Å². The molecule has 0 aliphatic rings. The zero-order chi connectivity index (χ0) is 20.4. The van der Waals surface area contributed by atoms with Gasteiger partial charge in [0.2, 0.25) is 5.91 Å². The average Bonchev–Trinajstić information content (AvgIpc) is 2.72. The Kier molecular flexibility index (Phi) is 4.96. The number of aromatic nitrogens is 2. The molecule has 0 unspecified atom stereocenters. The second-order valence-corrected chi connectivity index (χ2v) is 7.08.